The average Bonchev–Trinajstić information content (AvgIpc) is 2.68. The number of hydrogen-bond acceptors (Lipinski definition) is 5. The molecule has 3 rings (SSSR count). The molecule has 0 radical (unpaired) electrons. The van der Waals surface area contributed by atoms with Gasteiger partial charge >= 0.3 is 5.97 Å². The molecule has 6 nitrogen and oxygen atoms in total. The molecular weight excluding hydrogens is 332 g/mol. The van der Waals surface area contributed by atoms with Crippen molar-refractivity contribution in [3.63, 3.8) is 0 Å². The molecule has 1 heterocycles. The van der Waals surface area contributed by atoms with Gasteiger partial charge in [0.25, 0.3) is 5.56 Å². The number of rotatable bonds is 7. The second-order valence-electron chi connectivity index (χ2n) is 5.76. The third-order valence-electron chi connectivity index (χ3n) is 3.95. The van der Waals surface area contributed by atoms with Crippen LogP contribution in [0, 0.1) is 0 Å². The molecule has 0 aliphatic heterocycles. The number of para-hydroxylation sites is 1. The Hall–Kier alpha value is -3.15. The van der Waals surface area contributed by atoms with E-state index in [9.17, 15) is 9.59 Å². The Balaban J connectivity index is 1.51. The molecule has 0 N–H and O–H groups in total. The van der Waals surface area contributed by atoms with Crippen LogP contribution in [0.25, 0.3) is 10.9 Å². The fourth-order valence-electron chi connectivity index (χ4n) is 2.57. The van der Waals surface area contributed by atoms with Gasteiger partial charge in [-0.05, 0) is 36.2 Å². The highest BCUT2D eigenvalue weighted by Gasteiger charge is 2.09. The SMILES string of the molecule is CCc1cccc(OCCOC(=O)Cn2cnc3ccccc3c2=O)c1. The van der Waals surface area contributed by atoms with Crippen molar-refractivity contribution in [2.24, 2.45) is 0 Å². The fourth-order valence-corrected chi connectivity index (χ4v) is 2.57. The normalized spacial score (nSPS) is 10.7. The molecule has 134 valence electrons. The summed E-state index contributed by atoms with van der Waals surface area (Å²) >= 11 is 0. The monoisotopic (exact) mass is 352 g/mol. The quantitative estimate of drug-likeness (QED) is 0.483. The van der Waals surface area contributed by atoms with Crippen LogP contribution in [0.15, 0.2) is 59.7 Å². The van der Waals surface area contributed by atoms with Crippen LogP contribution in [0.4, 0.5) is 0 Å². The van der Waals surface area contributed by atoms with Crippen molar-refractivity contribution in [3.8, 4) is 5.75 Å². The molecule has 0 unspecified atom stereocenters. The summed E-state index contributed by atoms with van der Waals surface area (Å²) in [7, 11) is 0. The van der Waals surface area contributed by atoms with Gasteiger partial charge in [0.15, 0.2) is 0 Å². The largest absolute Gasteiger partial charge is 0.490 e. The predicted molar refractivity (Wildman–Crippen MR) is 98.3 cm³/mol. The summed E-state index contributed by atoms with van der Waals surface area (Å²) in [6.07, 6.45) is 2.29. The van der Waals surface area contributed by atoms with E-state index in [4.69, 9.17) is 9.47 Å². The summed E-state index contributed by atoms with van der Waals surface area (Å²) in [6, 6.07) is 14.8. The predicted octanol–water partition coefficient (Wildman–Crippen LogP) is 2.58. The van der Waals surface area contributed by atoms with Gasteiger partial charge in [0.2, 0.25) is 0 Å². The number of carbonyl (C=O) groups is 1. The van der Waals surface area contributed by atoms with E-state index in [1.807, 2.05) is 30.3 Å². The minimum atomic E-state index is -0.505. The summed E-state index contributed by atoms with van der Waals surface area (Å²) in [5.74, 6) is 0.241. The maximum absolute atomic E-state index is 12.3. The van der Waals surface area contributed by atoms with Gasteiger partial charge in [-0.3, -0.25) is 14.2 Å². The van der Waals surface area contributed by atoms with Gasteiger partial charge in [0.05, 0.1) is 17.2 Å². The van der Waals surface area contributed by atoms with Crippen molar-refractivity contribution in [1.29, 1.82) is 0 Å². The van der Waals surface area contributed by atoms with Gasteiger partial charge < -0.3 is 9.47 Å². The van der Waals surface area contributed by atoms with E-state index in [0.717, 1.165) is 12.2 Å². The zero-order valence-electron chi connectivity index (χ0n) is 14.6. The Bertz CT molecular complexity index is 965. The second kappa shape index (κ2) is 8.29. The van der Waals surface area contributed by atoms with E-state index in [1.54, 1.807) is 18.2 Å². The van der Waals surface area contributed by atoms with Crippen LogP contribution >= 0.6 is 0 Å². The zero-order valence-corrected chi connectivity index (χ0v) is 14.6. The highest BCUT2D eigenvalue weighted by Crippen LogP contribution is 2.13. The second-order valence-corrected chi connectivity index (χ2v) is 5.76. The van der Waals surface area contributed by atoms with Crippen LogP contribution in [0.1, 0.15) is 12.5 Å². The van der Waals surface area contributed by atoms with Crippen molar-refractivity contribution in [2.45, 2.75) is 19.9 Å². The number of carbonyl (C=O) groups excluding carboxylic acids is 1. The van der Waals surface area contributed by atoms with Gasteiger partial charge in [-0.25, -0.2) is 4.98 Å². The first-order valence-corrected chi connectivity index (χ1v) is 8.49. The molecule has 0 spiro atoms. The number of fused-ring (bicyclic) bond motifs is 1. The van der Waals surface area contributed by atoms with Gasteiger partial charge in [-0.2, -0.15) is 0 Å². The maximum atomic E-state index is 12.3. The summed E-state index contributed by atoms with van der Waals surface area (Å²) in [5.41, 5.74) is 1.52. The van der Waals surface area contributed by atoms with Crippen LogP contribution < -0.4 is 10.3 Å². The Morgan fingerprint density at radius 3 is 2.81 bits per heavy atom. The number of aromatic nitrogens is 2. The number of ether oxygens (including phenoxy) is 2. The average molecular weight is 352 g/mol. The lowest BCUT2D eigenvalue weighted by atomic mass is 10.2. The minimum Gasteiger partial charge on any atom is -0.490 e. The number of aryl methyl sites for hydroxylation is 1. The third-order valence-corrected chi connectivity index (χ3v) is 3.95. The number of esters is 1. The Morgan fingerprint density at radius 1 is 1.12 bits per heavy atom. The molecule has 1 aromatic heterocycles. The third kappa shape index (κ3) is 4.27. The van der Waals surface area contributed by atoms with Crippen molar-refractivity contribution < 1.29 is 14.3 Å². The molecule has 2 aromatic carbocycles. The lowest BCUT2D eigenvalue weighted by Gasteiger charge is -2.09. The van der Waals surface area contributed by atoms with Gasteiger partial charge in [-0.15, -0.1) is 0 Å². The zero-order chi connectivity index (χ0) is 18.4. The molecule has 0 saturated heterocycles. The van der Waals surface area contributed by atoms with Crippen molar-refractivity contribution in [1.82, 2.24) is 9.55 Å². The highest BCUT2D eigenvalue weighted by atomic mass is 16.6. The lowest BCUT2D eigenvalue weighted by molar-refractivity contribution is -0.145. The molecule has 26 heavy (non-hydrogen) atoms. The summed E-state index contributed by atoms with van der Waals surface area (Å²) in [6.45, 7) is 2.27. The van der Waals surface area contributed by atoms with E-state index in [0.29, 0.717) is 10.9 Å². The number of hydrogen-bond donors (Lipinski definition) is 0. The lowest BCUT2D eigenvalue weighted by Crippen LogP contribution is -2.26. The van der Waals surface area contributed by atoms with E-state index >= 15 is 0 Å². The van der Waals surface area contributed by atoms with E-state index in [-0.39, 0.29) is 25.3 Å². The Morgan fingerprint density at radius 2 is 1.96 bits per heavy atom. The molecule has 3 aromatic rings. The standard InChI is InChI=1S/C20H20N2O4/c1-2-15-6-5-7-16(12-15)25-10-11-26-19(23)13-22-14-21-18-9-4-3-8-17(18)20(22)24/h3-9,12,14H,2,10-11,13H2,1H3. The van der Waals surface area contributed by atoms with Crippen molar-refractivity contribution in [3.05, 3.63) is 70.8 Å². The van der Waals surface area contributed by atoms with Crippen molar-refractivity contribution in [2.75, 3.05) is 13.2 Å². The van der Waals surface area contributed by atoms with Crippen LogP contribution in [-0.4, -0.2) is 28.7 Å². The van der Waals surface area contributed by atoms with Crippen LogP contribution in [-0.2, 0) is 22.5 Å². The van der Waals surface area contributed by atoms with E-state index in [2.05, 4.69) is 11.9 Å². The number of benzene rings is 2. The Kier molecular flexibility index (Phi) is 5.63. The fraction of sp³-hybridized carbons (Fsp3) is 0.250. The van der Waals surface area contributed by atoms with Crippen molar-refractivity contribution >= 4 is 16.9 Å². The van der Waals surface area contributed by atoms with Crippen LogP contribution in [0.5, 0.6) is 5.75 Å². The molecule has 0 fully saturated rings. The molecule has 0 bridgehead atoms. The molecule has 0 aliphatic rings. The summed E-state index contributed by atoms with van der Waals surface area (Å²) in [4.78, 5) is 28.5. The molecule has 0 amide bonds. The Labute approximate surface area is 151 Å². The maximum Gasteiger partial charge on any atom is 0.326 e. The van der Waals surface area contributed by atoms with Gasteiger partial charge in [-0.1, -0.05) is 31.2 Å². The van der Waals surface area contributed by atoms with E-state index < -0.39 is 5.97 Å². The summed E-state index contributed by atoms with van der Waals surface area (Å²) in [5, 5.41) is 0.474. The van der Waals surface area contributed by atoms with Crippen LogP contribution in [0.2, 0.25) is 0 Å². The topological polar surface area (TPSA) is 70.4 Å². The summed E-state index contributed by atoms with van der Waals surface area (Å²) < 4.78 is 12.0. The minimum absolute atomic E-state index is 0.116. The molecule has 0 aliphatic carbocycles. The van der Waals surface area contributed by atoms with Crippen LogP contribution in [0.3, 0.4) is 0 Å². The van der Waals surface area contributed by atoms with E-state index in [1.165, 1.54) is 16.5 Å². The molecule has 6 heteroatoms. The first-order chi connectivity index (χ1) is 12.7. The van der Waals surface area contributed by atoms with Gasteiger partial charge in [0.1, 0.15) is 25.5 Å². The molecule has 0 saturated carbocycles. The highest BCUT2D eigenvalue weighted by molar-refractivity contribution is 5.77. The smallest absolute Gasteiger partial charge is 0.326 e. The first kappa shape index (κ1) is 17.7. The molecule has 0 atom stereocenters. The number of nitrogens with zero attached hydrogens (tertiary/aromatic N) is 2. The van der Waals surface area contributed by atoms with Gasteiger partial charge in [0, 0.05) is 0 Å². The first-order valence-electron chi connectivity index (χ1n) is 8.49. The molecular formula is C20H20N2O4.